The minimum absolute atomic E-state index is 0.148. The summed E-state index contributed by atoms with van der Waals surface area (Å²) in [5.74, 6) is -0.239. The zero-order chi connectivity index (χ0) is 9.72. The lowest BCUT2D eigenvalue weighted by Crippen LogP contribution is -2.46. The lowest BCUT2D eigenvalue weighted by molar-refractivity contribution is -0.123. The number of carbonyl (C=O) groups is 1. The molecule has 12 heavy (non-hydrogen) atoms. The molecule has 3 heteroatoms. The number of likely N-dealkylation sites (N-methyl/N-ethyl adjacent to an activating group) is 1. The van der Waals surface area contributed by atoms with Crippen LogP contribution >= 0.6 is 0 Å². The van der Waals surface area contributed by atoms with Gasteiger partial charge in [0.1, 0.15) is 0 Å². The Morgan fingerprint density at radius 2 is 1.92 bits per heavy atom. The average molecular weight is 172 g/mol. The highest BCUT2D eigenvalue weighted by Crippen LogP contribution is 2.07. The minimum Gasteiger partial charge on any atom is -0.368 e. The first-order chi connectivity index (χ1) is 5.54. The number of primary amides is 1. The van der Waals surface area contributed by atoms with Gasteiger partial charge in [-0.2, -0.15) is 0 Å². The zero-order valence-electron chi connectivity index (χ0n) is 8.50. The summed E-state index contributed by atoms with van der Waals surface area (Å²) in [6, 6.07) is 0.280. The van der Waals surface area contributed by atoms with Gasteiger partial charge in [0.25, 0.3) is 0 Å². The smallest absolute Gasteiger partial charge is 0.234 e. The number of hydrogen-bond acceptors (Lipinski definition) is 2. The molecule has 0 saturated heterocycles. The van der Waals surface area contributed by atoms with Crippen LogP contribution in [-0.2, 0) is 4.79 Å². The Balaban J connectivity index is 4.23. The van der Waals surface area contributed by atoms with Crippen molar-refractivity contribution in [2.75, 3.05) is 6.54 Å². The molecule has 0 bridgehead atoms. The van der Waals surface area contributed by atoms with Crippen LogP contribution in [-0.4, -0.2) is 29.4 Å². The summed E-state index contributed by atoms with van der Waals surface area (Å²) in [6.45, 7) is 9.01. The highest BCUT2D eigenvalue weighted by molar-refractivity contribution is 5.79. The van der Waals surface area contributed by atoms with Crippen molar-refractivity contribution < 1.29 is 4.79 Å². The summed E-state index contributed by atoms with van der Waals surface area (Å²) < 4.78 is 0. The first kappa shape index (κ1) is 11.4. The fraction of sp³-hybridized carbons (Fsp3) is 0.889. The lowest BCUT2D eigenvalue weighted by atomic mass is 10.1. The van der Waals surface area contributed by atoms with Crippen molar-refractivity contribution in [2.24, 2.45) is 5.73 Å². The number of rotatable bonds is 5. The van der Waals surface area contributed by atoms with Crippen molar-refractivity contribution >= 4 is 5.91 Å². The molecule has 0 saturated carbocycles. The summed E-state index contributed by atoms with van der Waals surface area (Å²) in [5.41, 5.74) is 5.22. The number of hydrogen-bond donors (Lipinski definition) is 1. The molecule has 0 heterocycles. The predicted octanol–water partition coefficient (Wildman–Crippen LogP) is 0.981. The maximum atomic E-state index is 10.9. The fourth-order valence-electron chi connectivity index (χ4n) is 1.37. The number of carbonyl (C=O) groups excluding carboxylic acids is 1. The normalized spacial score (nSPS) is 16.1. The molecule has 0 aliphatic carbocycles. The van der Waals surface area contributed by atoms with E-state index in [4.69, 9.17) is 5.73 Å². The van der Waals surface area contributed by atoms with E-state index in [2.05, 4.69) is 18.7 Å². The number of nitrogens with zero attached hydrogens (tertiary/aromatic N) is 1. The van der Waals surface area contributed by atoms with Crippen molar-refractivity contribution in [3.8, 4) is 0 Å². The molecule has 0 aliphatic rings. The minimum atomic E-state index is -0.239. The molecule has 0 aromatic heterocycles. The van der Waals surface area contributed by atoms with Crippen molar-refractivity contribution in [3.63, 3.8) is 0 Å². The second-order valence-electron chi connectivity index (χ2n) is 3.17. The van der Waals surface area contributed by atoms with Crippen LogP contribution in [0, 0.1) is 0 Å². The molecule has 2 atom stereocenters. The van der Waals surface area contributed by atoms with Gasteiger partial charge in [-0.25, -0.2) is 0 Å². The summed E-state index contributed by atoms with van der Waals surface area (Å²) in [7, 11) is 0. The molecule has 0 fully saturated rings. The van der Waals surface area contributed by atoms with Gasteiger partial charge in [-0.3, -0.25) is 9.69 Å². The van der Waals surface area contributed by atoms with Crippen LogP contribution in [0.1, 0.15) is 34.1 Å². The molecule has 2 N–H and O–H groups in total. The molecule has 0 aromatic rings. The van der Waals surface area contributed by atoms with Gasteiger partial charge in [-0.1, -0.05) is 13.8 Å². The SMILES string of the molecule is CCC(C)N(CC)C(C)C(N)=O. The summed E-state index contributed by atoms with van der Waals surface area (Å²) in [6.07, 6.45) is 1.05. The third-order valence-electron chi connectivity index (χ3n) is 2.43. The van der Waals surface area contributed by atoms with Crippen LogP contribution in [0.5, 0.6) is 0 Å². The standard InChI is InChI=1S/C9H20N2O/c1-5-7(3)11(6-2)8(4)9(10)12/h7-8H,5-6H2,1-4H3,(H2,10,12). The Bertz CT molecular complexity index is 147. The van der Waals surface area contributed by atoms with E-state index in [0.717, 1.165) is 13.0 Å². The van der Waals surface area contributed by atoms with Gasteiger partial charge < -0.3 is 5.73 Å². The second-order valence-corrected chi connectivity index (χ2v) is 3.17. The molecule has 0 radical (unpaired) electrons. The average Bonchev–Trinajstić information content (AvgIpc) is 2.05. The Kier molecular flexibility index (Phi) is 4.90. The van der Waals surface area contributed by atoms with E-state index in [1.54, 1.807) is 0 Å². The summed E-state index contributed by atoms with van der Waals surface area (Å²) >= 11 is 0. The van der Waals surface area contributed by atoms with Crippen LogP contribution in [0.3, 0.4) is 0 Å². The third-order valence-corrected chi connectivity index (χ3v) is 2.43. The van der Waals surface area contributed by atoms with Gasteiger partial charge in [0.2, 0.25) is 5.91 Å². The van der Waals surface area contributed by atoms with Crippen LogP contribution in [0.15, 0.2) is 0 Å². The summed E-state index contributed by atoms with van der Waals surface area (Å²) in [4.78, 5) is 13.0. The topological polar surface area (TPSA) is 46.3 Å². The third kappa shape index (κ3) is 2.81. The lowest BCUT2D eigenvalue weighted by Gasteiger charge is -2.30. The van der Waals surface area contributed by atoms with Gasteiger partial charge in [-0.15, -0.1) is 0 Å². The molecule has 2 unspecified atom stereocenters. The molecule has 0 rings (SSSR count). The molecule has 0 spiro atoms. The van der Waals surface area contributed by atoms with E-state index in [0.29, 0.717) is 6.04 Å². The highest BCUT2D eigenvalue weighted by atomic mass is 16.1. The first-order valence-corrected chi connectivity index (χ1v) is 4.59. The molecular weight excluding hydrogens is 152 g/mol. The second kappa shape index (κ2) is 5.14. The summed E-state index contributed by atoms with van der Waals surface area (Å²) in [5, 5.41) is 0. The van der Waals surface area contributed by atoms with E-state index in [9.17, 15) is 4.79 Å². The van der Waals surface area contributed by atoms with Gasteiger partial charge in [-0.05, 0) is 26.8 Å². The van der Waals surface area contributed by atoms with Crippen molar-refractivity contribution in [2.45, 2.75) is 46.2 Å². The van der Waals surface area contributed by atoms with E-state index in [-0.39, 0.29) is 11.9 Å². The van der Waals surface area contributed by atoms with Crippen LogP contribution in [0.25, 0.3) is 0 Å². The van der Waals surface area contributed by atoms with E-state index in [1.807, 2.05) is 13.8 Å². The van der Waals surface area contributed by atoms with Crippen molar-refractivity contribution in [1.82, 2.24) is 4.90 Å². The monoisotopic (exact) mass is 172 g/mol. The van der Waals surface area contributed by atoms with Gasteiger partial charge in [0.15, 0.2) is 0 Å². The Hall–Kier alpha value is -0.570. The van der Waals surface area contributed by atoms with Crippen LogP contribution < -0.4 is 5.73 Å². The molecular formula is C9H20N2O. The van der Waals surface area contributed by atoms with Gasteiger partial charge in [0, 0.05) is 6.04 Å². The van der Waals surface area contributed by atoms with Gasteiger partial charge in [0.05, 0.1) is 6.04 Å². The maximum Gasteiger partial charge on any atom is 0.234 e. The molecule has 3 nitrogen and oxygen atoms in total. The van der Waals surface area contributed by atoms with Crippen LogP contribution in [0.2, 0.25) is 0 Å². The van der Waals surface area contributed by atoms with E-state index in [1.165, 1.54) is 0 Å². The van der Waals surface area contributed by atoms with Gasteiger partial charge >= 0.3 is 0 Å². The highest BCUT2D eigenvalue weighted by Gasteiger charge is 2.20. The molecule has 72 valence electrons. The molecule has 1 amide bonds. The maximum absolute atomic E-state index is 10.9. The Morgan fingerprint density at radius 1 is 1.42 bits per heavy atom. The Labute approximate surface area is 74.9 Å². The number of nitrogens with two attached hydrogens (primary N) is 1. The number of amides is 1. The zero-order valence-corrected chi connectivity index (χ0v) is 8.50. The quantitative estimate of drug-likeness (QED) is 0.672. The molecule has 0 aliphatic heterocycles. The molecule has 0 aromatic carbocycles. The van der Waals surface area contributed by atoms with Crippen LogP contribution in [0.4, 0.5) is 0 Å². The van der Waals surface area contributed by atoms with Crippen molar-refractivity contribution in [1.29, 1.82) is 0 Å². The Morgan fingerprint density at radius 3 is 2.17 bits per heavy atom. The van der Waals surface area contributed by atoms with Crippen molar-refractivity contribution in [3.05, 3.63) is 0 Å². The largest absolute Gasteiger partial charge is 0.368 e. The van der Waals surface area contributed by atoms with E-state index >= 15 is 0 Å². The predicted molar refractivity (Wildman–Crippen MR) is 50.8 cm³/mol. The first-order valence-electron chi connectivity index (χ1n) is 4.59. The van der Waals surface area contributed by atoms with E-state index < -0.39 is 0 Å². The fourth-order valence-corrected chi connectivity index (χ4v) is 1.37.